The highest BCUT2D eigenvalue weighted by Crippen LogP contribution is 2.23. The normalized spacial score (nSPS) is 11.0. The molecule has 0 atom stereocenters. The van der Waals surface area contributed by atoms with Crippen molar-refractivity contribution >= 4 is 29.1 Å². The maximum Gasteiger partial charge on any atom is 0.254 e. The largest absolute Gasteiger partial charge is 0.497 e. The Morgan fingerprint density at radius 1 is 1.21 bits per heavy atom. The van der Waals surface area contributed by atoms with E-state index in [9.17, 15) is 4.79 Å². The predicted octanol–water partition coefficient (Wildman–Crippen LogP) is 5.30. The summed E-state index contributed by atoms with van der Waals surface area (Å²) in [6, 6.07) is 12.6. The van der Waals surface area contributed by atoms with E-state index in [1.807, 2.05) is 48.9 Å². The lowest BCUT2D eigenvalue weighted by atomic mass is 10.1. The third-order valence-electron chi connectivity index (χ3n) is 4.67. The first-order chi connectivity index (χ1) is 13.9. The van der Waals surface area contributed by atoms with Gasteiger partial charge in [-0.05, 0) is 49.7 Å². The molecule has 0 unspecified atom stereocenters. The smallest absolute Gasteiger partial charge is 0.254 e. The summed E-state index contributed by atoms with van der Waals surface area (Å²) in [6.45, 7) is 4.90. The SMILES string of the molecule is COc1cccc(C(=O)N(Cc2nccn2Cc2ccc(Cl)cc2Cl)C(C)C)c1. The molecule has 0 fully saturated rings. The van der Waals surface area contributed by atoms with E-state index in [0.29, 0.717) is 34.4 Å². The number of methoxy groups -OCH3 is 1. The van der Waals surface area contributed by atoms with Crippen molar-refractivity contribution in [2.45, 2.75) is 33.0 Å². The van der Waals surface area contributed by atoms with Gasteiger partial charge in [-0.2, -0.15) is 0 Å². The average Bonchev–Trinajstić information content (AvgIpc) is 3.14. The highest BCUT2D eigenvalue weighted by molar-refractivity contribution is 6.35. The highest BCUT2D eigenvalue weighted by atomic mass is 35.5. The van der Waals surface area contributed by atoms with Crippen molar-refractivity contribution in [1.29, 1.82) is 0 Å². The average molecular weight is 432 g/mol. The van der Waals surface area contributed by atoms with Crippen molar-refractivity contribution in [1.82, 2.24) is 14.5 Å². The summed E-state index contributed by atoms with van der Waals surface area (Å²) < 4.78 is 7.24. The molecule has 0 saturated heterocycles. The van der Waals surface area contributed by atoms with Gasteiger partial charge >= 0.3 is 0 Å². The van der Waals surface area contributed by atoms with Crippen molar-refractivity contribution in [2.24, 2.45) is 0 Å². The number of rotatable bonds is 7. The number of nitrogens with zero attached hydrogens (tertiary/aromatic N) is 3. The lowest BCUT2D eigenvalue weighted by Gasteiger charge is -2.27. The molecule has 7 heteroatoms. The van der Waals surface area contributed by atoms with Gasteiger partial charge in [0.05, 0.1) is 20.2 Å². The molecule has 1 aromatic heterocycles. The van der Waals surface area contributed by atoms with Gasteiger partial charge in [-0.3, -0.25) is 4.79 Å². The van der Waals surface area contributed by atoms with Gasteiger partial charge in [-0.15, -0.1) is 0 Å². The van der Waals surface area contributed by atoms with Gasteiger partial charge in [0.2, 0.25) is 0 Å². The summed E-state index contributed by atoms with van der Waals surface area (Å²) in [4.78, 5) is 19.4. The van der Waals surface area contributed by atoms with Gasteiger partial charge < -0.3 is 14.2 Å². The molecule has 0 saturated carbocycles. The topological polar surface area (TPSA) is 47.4 Å². The molecule has 152 valence electrons. The number of amides is 1. The number of aromatic nitrogens is 2. The monoisotopic (exact) mass is 431 g/mol. The maximum atomic E-state index is 13.1. The molecule has 0 bridgehead atoms. The Morgan fingerprint density at radius 3 is 2.69 bits per heavy atom. The minimum Gasteiger partial charge on any atom is -0.497 e. The fourth-order valence-electron chi connectivity index (χ4n) is 3.03. The van der Waals surface area contributed by atoms with Crippen LogP contribution in [-0.2, 0) is 13.1 Å². The fourth-order valence-corrected chi connectivity index (χ4v) is 3.50. The molecule has 0 aliphatic carbocycles. The van der Waals surface area contributed by atoms with Gasteiger partial charge in [0.25, 0.3) is 5.91 Å². The van der Waals surface area contributed by atoms with E-state index >= 15 is 0 Å². The fraction of sp³-hybridized carbons (Fsp3) is 0.273. The van der Waals surface area contributed by atoms with Gasteiger partial charge in [0.15, 0.2) is 0 Å². The molecule has 2 aromatic carbocycles. The second-order valence-electron chi connectivity index (χ2n) is 6.97. The number of halogens is 2. The zero-order valence-electron chi connectivity index (χ0n) is 16.6. The van der Waals surface area contributed by atoms with E-state index < -0.39 is 0 Å². The molecule has 3 aromatic rings. The molecule has 0 aliphatic heterocycles. The van der Waals surface area contributed by atoms with E-state index in [2.05, 4.69) is 4.98 Å². The van der Waals surface area contributed by atoms with E-state index in [1.165, 1.54) is 0 Å². The number of carbonyl (C=O) groups excluding carboxylic acids is 1. The predicted molar refractivity (Wildman–Crippen MR) is 116 cm³/mol. The van der Waals surface area contributed by atoms with E-state index in [4.69, 9.17) is 27.9 Å². The van der Waals surface area contributed by atoms with Crippen LogP contribution in [-0.4, -0.2) is 33.5 Å². The molecular weight excluding hydrogens is 409 g/mol. The Labute approximate surface area is 180 Å². The van der Waals surface area contributed by atoms with Crippen LogP contribution >= 0.6 is 23.2 Å². The number of hydrogen-bond acceptors (Lipinski definition) is 3. The first-order valence-corrected chi connectivity index (χ1v) is 10.0. The summed E-state index contributed by atoms with van der Waals surface area (Å²) in [7, 11) is 1.59. The Bertz CT molecular complexity index is 1000. The second-order valence-corrected chi connectivity index (χ2v) is 7.81. The van der Waals surface area contributed by atoms with Crippen LogP contribution in [0.3, 0.4) is 0 Å². The first kappa shape index (κ1) is 21.2. The van der Waals surface area contributed by atoms with Gasteiger partial charge in [-0.25, -0.2) is 4.98 Å². The molecule has 29 heavy (non-hydrogen) atoms. The Balaban J connectivity index is 1.83. The van der Waals surface area contributed by atoms with E-state index in [-0.39, 0.29) is 11.9 Å². The second kappa shape index (κ2) is 9.33. The Kier molecular flexibility index (Phi) is 6.83. The Morgan fingerprint density at radius 2 is 2.00 bits per heavy atom. The van der Waals surface area contributed by atoms with Crippen LogP contribution < -0.4 is 4.74 Å². The number of imidazole rings is 1. The molecule has 0 aliphatic rings. The minimum atomic E-state index is -0.0713. The number of ether oxygens (including phenoxy) is 1. The molecule has 1 amide bonds. The van der Waals surface area contributed by atoms with E-state index in [0.717, 1.165) is 11.4 Å². The Hall–Kier alpha value is -2.50. The zero-order chi connectivity index (χ0) is 21.0. The molecule has 0 spiro atoms. The summed E-state index contributed by atoms with van der Waals surface area (Å²) in [5.74, 6) is 1.36. The molecule has 1 heterocycles. The molecule has 0 radical (unpaired) electrons. The molecule has 5 nitrogen and oxygen atoms in total. The number of hydrogen-bond donors (Lipinski definition) is 0. The van der Waals surface area contributed by atoms with E-state index in [1.54, 1.807) is 36.4 Å². The third kappa shape index (κ3) is 5.11. The van der Waals surface area contributed by atoms with Crippen LogP contribution in [0.25, 0.3) is 0 Å². The number of benzene rings is 2. The summed E-state index contributed by atoms with van der Waals surface area (Å²) in [6.07, 6.45) is 3.61. The van der Waals surface area contributed by atoms with Gasteiger partial charge in [0.1, 0.15) is 11.6 Å². The first-order valence-electron chi connectivity index (χ1n) is 9.28. The molecule has 0 N–H and O–H groups in total. The van der Waals surface area contributed by atoms with Gasteiger partial charge in [-0.1, -0.05) is 35.3 Å². The number of carbonyl (C=O) groups is 1. The van der Waals surface area contributed by atoms with Crippen LogP contribution in [0.2, 0.25) is 10.0 Å². The quantitative estimate of drug-likeness (QED) is 0.509. The standard InChI is InChI=1S/C22H23Cl2N3O2/c1-15(2)27(22(28)16-5-4-6-19(11-16)29-3)14-21-25-9-10-26(21)13-17-7-8-18(23)12-20(17)24/h4-12,15H,13-14H2,1-3H3. The molecule has 3 rings (SSSR count). The zero-order valence-corrected chi connectivity index (χ0v) is 18.1. The lowest BCUT2D eigenvalue weighted by Crippen LogP contribution is -2.37. The van der Waals surface area contributed by atoms with Crippen LogP contribution in [0.4, 0.5) is 0 Å². The van der Waals surface area contributed by atoms with Crippen molar-refractivity contribution in [3.63, 3.8) is 0 Å². The van der Waals surface area contributed by atoms with Crippen LogP contribution in [0.5, 0.6) is 5.75 Å². The summed E-state index contributed by atoms with van der Waals surface area (Å²) in [5, 5.41) is 1.20. The van der Waals surface area contributed by atoms with Crippen LogP contribution in [0.15, 0.2) is 54.9 Å². The van der Waals surface area contributed by atoms with Crippen LogP contribution in [0, 0.1) is 0 Å². The van der Waals surface area contributed by atoms with Crippen molar-refractivity contribution in [3.8, 4) is 5.75 Å². The van der Waals surface area contributed by atoms with Crippen molar-refractivity contribution < 1.29 is 9.53 Å². The third-order valence-corrected chi connectivity index (χ3v) is 5.26. The van der Waals surface area contributed by atoms with Gasteiger partial charge in [0, 0.05) is 34.0 Å². The maximum absolute atomic E-state index is 13.1. The highest BCUT2D eigenvalue weighted by Gasteiger charge is 2.21. The van der Waals surface area contributed by atoms with Crippen molar-refractivity contribution in [2.75, 3.05) is 7.11 Å². The molecular formula is C22H23Cl2N3O2. The lowest BCUT2D eigenvalue weighted by molar-refractivity contribution is 0.0682. The summed E-state index contributed by atoms with van der Waals surface area (Å²) >= 11 is 12.3. The minimum absolute atomic E-state index is 0.00188. The summed E-state index contributed by atoms with van der Waals surface area (Å²) in [5.41, 5.74) is 1.52. The van der Waals surface area contributed by atoms with Crippen LogP contribution in [0.1, 0.15) is 35.6 Å². The van der Waals surface area contributed by atoms with Crippen molar-refractivity contribution in [3.05, 3.63) is 81.9 Å².